The van der Waals surface area contributed by atoms with Crippen LogP contribution >= 0.6 is 107 Å². The number of aryl methyl sites for hydroxylation is 3. The van der Waals surface area contributed by atoms with Gasteiger partial charge in [0.15, 0.2) is 34.7 Å². The van der Waals surface area contributed by atoms with Crippen molar-refractivity contribution in [2.24, 2.45) is 15.0 Å². The first-order valence-electron chi connectivity index (χ1n) is 42.5. The molecule has 0 aliphatic rings. The van der Waals surface area contributed by atoms with Crippen LogP contribution in [0.2, 0.25) is 10.0 Å². The number of ketones is 6. The van der Waals surface area contributed by atoms with E-state index >= 15 is 0 Å². The summed E-state index contributed by atoms with van der Waals surface area (Å²) in [5, 5.41) is 64.8. The highest BCUT2D eigenvalue weighted by molar-refractivity contribution is 9.10. The molecule has 0 spiro atoms. The second-order valence-corrected chi connectivity index (χ2v) is 44.2. The number of hydrogen-bond donors (Lipinski definition) is 9. The zero-order chi connectivity index (χ0) is 98.4. The lowest BCUT2D eigenvalue weighted by atomic mass is 9.86. The average Bonchev–Trinajstić information content (AvgIpc) is 1.60. The van der Waals surface area contributed by atoms with Crippen LogP contribution in [0.3, 0.4) is 0 Å². The topological polar surface area (TPSA) is 427 Å². The van der Waals surface area contributed by atoms with E-state index in [1.54, 1.807) is 117 Å². The molecule has 0 radical (unpaired) electrons. The maximum atomic E-state index is 12.9. The fourth-order valence-corrected chi connectivity index (χ4v) is 22.3. The van der Waals surface area contributed by atoms with Gasteiger partial charge in [-0.2, -0.15) is 0 Å². The number of Topliss-reactive ketones (excluding diaryl/α,β-unsaturated/α-hetero) is 6. The number of thiophene rings is 6. The first-order valence-corrected chi connectivity index (χ1v) is 53.6. The third-order valence-electron chi connectivity index (χ3n) is 20.6. The van der Waals surface area contributed by atoms with Crippen LogP contribution < -0.4 is 14.2 Å². The van der Waals surface area contributed by atoms with Gasteiger partial charge in [0.2, 0.25) is 30.1 Å². The van der Waals surface area contributed by atoms with Gasteiger partial charge >= 0.3 is 0 Å². The highest BCUT2D eigenvalue weighted by Crippen LogP contribution is 2.43. The summed E-state index contributed by atoms with van der Waals surface area (Å²) in [5.41, 5.74) is 9.45. The van der Waals surface area contributed by atoms with Crippen LogP contribution in [0.5, 0.6) is 17.2 Å². The first kappa shape index (κ1) is 109. The third-order valence-corrected chi connectivity index (χ3v) is 32.8. The smallest absolute Gasteiger partial charge is 0.240 e. The molecule has 720 valence electrons. The summed E-state index contributed by atoms with van der Waals surface area (Å²) >= 11 is 23.0. The van der Waals surface area contributed by atoms with E-state index in [1.807, 2.05) is 47.2 Å². The lowest BCUT2D eigenvalue weighted by molar-refractivity contribution is 0.0961. The van der Waals surface area contributed by atoms with Crippen molar-refractivity contribution in [1.29, 1.82) is 0 Å². The lowest BCUT2D eigenvalue weighted by Crippen LogP contribution is -2.27. The summed E-state index contributed by atoms with van der Waals surface area (Å²) in [4.78, 5) is 95.3. The van der Waals surface area contributed by atoms with Crippen molar-refractivity contribution in [3.8, 4) is 48.6 Å². The van der Waals surface area contributed by atoms with E-state index in [4.69, 9.17) is 52.7 Å². The van der Waals surface area contributed by atoms with Crippen LogP contribution in [0, 0.1) is 0 Å². The minimum absolute atomic E-state index is 0.0347. The van der Waals surface area contributed by atoms with Gasteiger partial charge in [-0.05, 0) is 181 Å². The van der Waals surface area contributed by atoms with Crippen molar-refractivity contribution in [3.05, 3.63) is 275 Å². The van der Waals surface area contributed by atoms with Crippen molar-refractivity contribution in [1.82, 2.24) is 14.2 Å². The van der Waals surface area contributed by atoms with Gasteiger partial charge in [-0.15, -0.1) is 68.0 Å². The minimum atomic E-state index is -3.70. The fourth-order valence-electron chi connectivity index (χ4n) is 12.9. The molecule has 6 aromatic heterocycles. The molecule has 136 heavy (non-hydrogen) atoms. The SMILES string of the molecule is CC(=NCC(=O)c1ccc(C(=O)CCc2ccc(S(=O)(=O)NCCOCCO)cc2)s1)c1csc(-c2ccc(Br)cc2)c1O.CC(=NCC(=O)c1ccc(C(=O)CCc2ccc(S(=O)(=O)NCCOCCO)cc2)s1)c1csc(-c2ccc(C(C)(C)C)cc2)c1O.CC(=NCC(=O)c1ccc(C(=O)CCc2ccc(S(=O)(=O)NCCOCCO)cc2)s1)c1csc(-c2ccc(Cl)c(Cl)c2)c1O. The maximum absolute atomic E-state index is 12.9. The van der Waals surface area contributed by atoms with Crippen LogP contribution in [-0.4, -0.2) is 206 Å². The Morgan fingerprint density at radius 3 is 0.941 bits per heavy atom. The van der Waals surface area contributed by atoms with Gasteiger partial charge in [-0.3, -0.25) is 43.7 Å². The number of aliphatic imine (C=N–C) groups is 3. The summed E-state index contributed by atoms with van der Waals surface area (Å²) in [6, 6.07) is 49.5. The Kier molecular flexibility index (Phi) is 41.5. The molecule has 0 amide bonds. The second-order valence-electron chi connectivity index (χ2n) is 31.3. The number of carbonyl (C=O) groups excluding carboxylic acids is 6. The zero-order valence-electron chi connectivity index (χ0n) is 74.8. The molecule has 0 saturated heterocycles. The number of nitrogens with one attached hydrogen (secondary N) is 3. The van der Waals surface area contributed by atoms with Crippen LogP contribution in [0.4, 0.5) is 0 Å². The molecule has 27 nitrogen and oxygen atoms in total. The number of nitrogens with zero attached hydrogens (tertiary/aromatic N) is 3. The van der Waals surface area contributed by atoms with E-state index in [9.17, 15) is 69.3 Å². The highest BCUT2D eigenvalue weighted by Gasteiger charge is 2.25. The number of carbonyl (C=O) groups is 6. The number of aromatic hydroxyl groups is 3. The maximum Gasteiger partial charge on any atom is 0.240 e. The van der Waals surface area contributed by atoms with Crippen molar-refractivity contribution < 1.29 is 98.9 Å². The molecule has 6 aromatic carbocycles. The summed E-state index contributed by atoms with van der Waals surface area (Å²) < 4.78 is 97.9. The van der Waals surface area contributed by atoms with Crippen LogP contribution in [0.15, 0.2) is 226 Å². The molecule has 0 fully saturated rings. The summed E-state index contributed by atoms with van der Waals surface area (Å²) in [5.74, 6) is -0.716. The molecular weight excluding hydrogens is 2020 g/mol. The molecular formula is C97H101BrCl2N6O21S9. The minimum Gasteiger partial charge on any atom is -0.506 e. The second kappa shape index (κ2) is 52.0. The fraction of sp³-hybridized carbons (Fsp3) is 0.289. The Morgan fingerprint density at radius 2 is 0.654 bits per heavy atom. The Balaban J connectivity index is 0.000000211. The number of aliphatic hydroxyl groups is 3. The van der Waals surface area contributed by atoms with Crippen LogP contribution in [0.1, 0.15) is 158 Å². The van der Waals surface area contributed by atoms with E-state index in [0.717, 1.165) is 76.1 Å². The first-order chi connectivity index (χ1) is 64.9. The summed E-state index contributed by atoms with van der Waals surface area (Å²) in [6.07, 6.45) is 1.83. The number of rotatable bonds is 48. The average molecular weight is 2130 g/mol. The predicted molar refractivity (Wildman–Crippen MR) is 544 cm³/mol. The Morgan fingerprint density at radius 1 is 0.375 bits per heavy atom. The third kappa shape index (κ3) is 31.5. The molecule has 12 rings (SSSR count). The van der Waals surface area contributed by atoms with Crippen molar-refractivity contribution in [3.63, 3.8) is 0 Å². The van der Waals surface area contributed by atoms with Crippen molar-refractivity contribution in [2.45, 2.75) is 100 Å². The molecule has 39 heteroatoms. The Bertz CT molecular complexity index is 6600. The van der Waals surface area contributed by atoms with E-state index in [0.29, 0.717) is 103 Å². The number of halogens is 3. The van der Waals surface area contributed by atoms with Crippen LogP contribution in [0.25, 0.3) is 31.3 Å². The zero-order valence-corrected chi connectivity index (χ0v) is 85.2. The number of hydrogen-bond acceptors (Lipinski definition) is 30. The summed E-state index contributed by atoms with van der Waals surface area (Å²) in [7, 11) is -11.1. The molecule has 0 atom stereocenters. The highest BCUT2D eigenvalue weighted by atomic mass is 79.9. The van der Waals surface area contributed by atoms with Gasteiger partial charge < -0.3 is 44.8 Å². The normalized spacial score (nSPS) is 12.2. The van der Waals surface area contributed by atoms with E-state index in [-0.39, 0.29) is 190 Å². The Labute approximate surface area is 832 Å². The number of benzene rings is 6. The molecule has 0 aliphatic heterocycles. The Hall–Kier alpha value is -9.50. The quantitative estimate of drug-likeness (QED) is 0.00971. The van der Waals surface area contributed by atoms with Gasteiger partial charge in [-0.1, -0.05) is 139 Å². The van der Waals surface area contributed by atoms with E-state index < -0.39 is 30.1 Å². The number of aliphatic hydroxyl groups excluding tert-OH is 3. The molecule has 9 N–H and O–H groups in total. The van der Waals surface area contributed by atoms with Gasteiger partial charge in [0.25, 0.3) is 0 Å². The van der Waals surface area contributed by atoms with Crippen molar-refractivity contribution in [2.75, 3.05) is 98.7 Å². The lowest BCUT2D eigenvalue weighted by Gasteiger charge is -2.19. The predicted octanol–water partition coefficient (Wildman–Crippen LogP) is 18.3. The monoisotopic (exact) mass is 2120 g/mol. The number of ether oxygens (including phenoxy) is 3. The van der Waals surface area contributed by atoms with Crippen molar-refractivity contribution >= 4 is 189 Å². The van der Waals surface area contributed by atoms with Gasteiger partial charge in [0, 0.05) is 93.3 Å². The molecule has 6 heterocycles. The van der Waals surface area contributed by atoms with E-state index in [2.05, 4.69) is 78.0 Å². The molecule has 0 unspecified atom stereocenters. The largest absolute Gasteiger partial charge is 0.506 e. The number of sulfonamides is 3. The molecule has 12 aromatic rings. The summed E-state index contributed by atoms with van der Waals surface area (Å²) in [6.45, 7) is 12.1. The standard InChI is InChI=1S/C35H40N2O7S3.C31H31BrN2O7S3.C31H30Cl2N2O7S3/c1-23(28-22-45-34(33(28)41)25-8-10-26(11-9-25)35(2,3)4)36-21-30(40)32-16-15-31(46-32)29(39)14-7-24-5-12-27(13-6-24)47(42,43)37-17-19-44-20-18-38;1-20(25-19-42-31(30(25)38)22-5-7-23(32)8-6-22)33-18-27(37)29-13-12-28(43-29)26(36)11-4-21-2-9-24(10-3-21)44(39,40)34-14-16-41-17-15-35;1-19(23-18-43-31(30(23)39)21-5-8-24(32)25(33)16-21)34-17-27(38)29-11-10-28(44-29)26(37)9-4-20-2-6-22(7-3-20)45(40,41)35-12-14-42-15-13-36/h5-6,8-13,15-16,22,37-38,41H,7,14,17-21H2,1-4H3;2-3,5-10,12-13,19,34-35,38H,4,11,14-18H2,1H3;2-3,5-8,10-11,16,18,35-36,39H,4,9,12-15,17H2,1H3. The van der Waals surface area contributed by atoms with E-state index in [1.165, 1.54) is 76.0 Å². The van der Waals surface area contributed by atoms with Crippen LogP contribution in [-0.2, 0) is 69.0 Å². The molecule has 0 saturated carbocycles. The molecule has 0 aliphatic carbocycles. The van der Waals surface area contributed by atoms with Gasteiger partial charge in [0.1, 0.15) is 36.9 Å². The van der Waals surface area contributed by atoms with Gasteiger partial charge in [0.05, 0.1) is 128 Å². The molecule has 0 bridgehead atoms. The van der Waals surface area contributed by atoms with Gasteiger partial charge in [-0.25, -0.2) is 39.4 Å².